The van der Waals surface area contributed by atoms with Crippen molar-refractivity contribution in [2.75, 3.05) is 0 Å². The lowest BCUT2D eigenvalue weighted by Crippen LogP contribution is -2.34. The van der Waals surface area contributed by atoms with Gasteiger partial charge in [-0.15, -0.1) is 5.10 Å². The molecule has 2 aromatic heterocycles. The highest BCUT2D eigenvalue weighted by molar-refractivity contribution is 5.80. The molecule has 0 amide bonds. The van der Waals surface area contributed by atoms with Gasteiger partial charge in [0, 0.05) is 29.4 Å². The minimum atomic E-state index is -0.268. The molecule has 0 fully saturated rings. The molecule has 0 saturated carbocycles. The normalized spacial score (nSPS) is 12.0. The minimum Gasteiger partial charge on any atom is -0.294 e. The first kappa shape index (κ1) is 21.5. The third-order valence-corrected chi connectivity index (χ3v) is 5.48. The molecule has 4 aromatic rings. The van der Waals surface area contributed by atoms with Gasteiger partial charge in [-0.05, 0) is 54.8 Å². The van der Waals surface area contributed by atoms with Crippen LogP contribution in [0.1, 0.15) is 39.0 Å². The zero-order valence-corrected chi connectivity index (χ0v) is 18.9. The van der Waals surface area contributed by atoms with Crippen LogP contribution in [0.5, 0.6) is 0 Å². The Labute approximate surface area is 187 Å². The number of hydrogen-bond donors (Lipinski definition) is 1. The highest BCUT2D eigenvalue weighted by Crippen LogP contribution is 2.29. The Balaban J connectivity index is 1.66. The van der Waals surface area contributed by atoms with Crippen molar-refractivity contribution >= 4 is 0 Å². The minimum absolute atomic E-state index is 0.0178. The molecule has 0 atom stereocenters. The van der Waals surface area contributed by atoms with Crippen molar-refractivity contribution in [3.05, 3.63) is 88.6 Å². The second kappa shape index (κ2) is 8.78. The van der Waals surface area contributed by atoms with Crippen LogP contribution < -0.4 is 5.69 Å². The van der Waals surface area contributed by atoms with Crippen molar-refractivity contribution in [3.63, 3.8) is 0 Å². The number of allylic oxidation sites excluding steroid dienone is 2. The summed E-state index contributed by atoms with van der Waals surface area (Å²) in [6, 6.07) is 16.3. The average molecular weight is 429 g/mol. The maximum atomic E-state index is 13.1. The topological polar surface area (TPSA) is 81.4 Å². The number of imidazole rings is 1. The Morgan fingerprint density at radius 3 is 2.38 bits per heavy atom. The Kier molecular flexibility index (Phi) is 5.90. The summed E-state index contributed by atoms with van der Waals surface area (Å²) in [5.74, 6) is 0.633. The lowest BCUT2D eigenvalue weighted by molar-refractivity contribution is 0.380. The van der Waals surface area contributed by atoms with Crippen molar-refractivity contribution in [3.8, 4) is 22.5 Å². The molecule has 164 valence electrons. The fourth-order valence-electron chi connectivity index (χ4n) is 3.76. The Bertz CT molecular complexity index is 1270. The molecular formula is C25H28N6O. The van der Waals surface area contributed by atoms with Crippen LogP contribution in [0, 0.1) is 0 Å². The first-order valence-electron chi connectivity index (χ1n) is 10.7. The van der Waals surface area contributed by atoms with Crippen LogP contribution in [0.25, 0.3) is 22.5 Å². The molecular weight excluding hydrogens is 400 g/mol. The van der Waals surface area contributed by atoms with Crippen LogP contribution in [-0.4, -0.2) is 29.8 Å². The standard InChI is InChI=1S/C25H28N6O/c1-5-6-9-20-17-31(25(2,3)4)24(32)30(20)16-18-12-14-19(15-13-18)21-10-7-8-11-22(21)23-26-28-29-27-23/h5-8,10-15,17H,9,16H2,1-4H3,(H,26,27,28,29)/b6-5+. The average Bonchev–Trinajstić information content (AvgIpc) is 3.42. The fourth-order valence-corrected chi connectivity index (χ4v) is 3.76. The van der Waals surface area contributed by atoms with Crippen LogP contribution in [0.2, 0.25) is 0 Å². The number of tetrazole rings is 1. The van der Waals surface area contributed by atoms with Crippen molar-refractivity contribution in [2.24, 2.45) is 0 Å². The molecule has 1 N–H and O–H groups in total. The summed E-state index contributed by atoms with van der Waals surface area (Å²) < 4.78 is 3.69. The summed E-state index contributed by atoms with van der Waals surface area (Å²) in [5, 5.41) is 14.3. The lowest BCUT2D eigenvalue weighted by atomic mass is 9.98. The molecule has 4 rings (SSSR count). The predicted molar refractivity (Wildman–Crippen MR) is 126 cm³/mol. The van der Waals surface area contributed by atoms with E-state index in [0.29, 0.717) is 12.4 Å². The van der Waals surface area contributed by atoms with Crippen LogP contribution >= 0.6 is 0 Å². The second-order valence-corrected chi connectivity index (χ2v) is 8.80. The molecule has 2 heterocycles. The van der Waals surface area contributed by atoms with E-state index in [2.05, 4.69) is 77.8 Å². The first-order valence-corrected chi connectivity index (χ1v) is 10.7. The van der Waals surface area contributed by atoms with Crippen molar-refractivity contribution in [2.45, 2.75) is 46.2 Å². The number of nitrogens with zero attached hydrogens (tertiary/aromatic N) is 5. The van der Waals surface area contributed by atoms with E-state index in [1.54, 1.807) is 0 Å². The molecule has 0 unspecified atom stereocenters. The molecule has 0 saturated heterocycles. The Morgan fingerprint density at radius 1 is 1.03 bits per heavy atom. The van der Waals surface area contributed by atoms with Gasteiger partial charge < -0.3 is 0 Å². The van der Waals surface area contributed by atoms with E-state index in [-0.39, 0.29) is 11.2 Å². The number of aromatic nitrogens is 6. The molecule has 32 heavy (non-hydrogen) atoms. The van der Waals surface area contributed by atoms with Gasteiger partial charge in [-0.2, -0.15) is 0 Å². The third-order valence-electron chi connectivity index (χ3n) is 5.48. The summed E-state index contributed by atoms with van der Waals surface area (Å²) in [4.78, 5) is 13.1. The number of aromatic amines is 1. The monoisotopic (exact) mass is 428 g/mol. The predicted octanol–water partition coefficient (Wildman–Crippen LogP) is 4.42. The van der Waals surface area contributed by atoms with E-state index in [0.717, 1.165) is 34.4 Å². The molecule has 0 aliphatic rings. The highest BCUT2D eigenvalue weighted by atomic mass is 16.1. The van der Waals surface area contributed by atoms with Gasteiger partial charge in [-0.25, -0.2) is 9.89 Å². The van der Waals surface area contributed by atoms with Crippen LogP contribution in [0.4, 0.5) is 0 Å². The van der Waals surface area contributed by atoms with Crippen LogP contribution in [-0.2, 0) is 18.5 Å². The molecule has 0 radical (unpaired) electrons. The van der Waals surface area contributed by atoms with Crippen LogP contribution in [0.15, 0.2) is 71.7 Å². The number of rotatable bonds is 6. The maximum Gasteiger partial charge on any atom is 0.329 e. The van der Waals surface area contributed by atoms with E-state index < -0.39 is 0 Å². The zero-order chi connectivity index (χ0) is 22.7. The van der Waals surface area contributed by atoms with E-state index in [1.165, 1.54) is 0 Å². The van der Waals surface area contributed by atoms with E-state index in [1.807, 2.05) is 46.5 Å². The summed E-state index contributed by atoms with van der Waals surface area (Å²) in [6.45, 7) is 8.68. The zero-order valence-electron chi connectivity index (χ0n) is 18.9. The van der Waals surface area contributed by atoms with Gasteiger partial charge in [0.05, 0.1) is 6.54 Å². The van der Waals surface area contributed by atoms with Crippen molar-refractivity contribution in [1.82, 2.24) is 29.8 Å². The third kappa shape index (κ3) is 4.32. The lowest BCUT2D eigenvalue weighted by Gasteiger charge is -2.19. The molecule has 0 bridgehead atoms. The summed E-state index contributed by atoms with van der Waals surface area (Å²) in [6.07, 6.45) is 6.81. The van der Waals surface area contributed by atoms with Gasteiger partial charge in [0.1, 0.15) is 0 Å². The highest BCUT2D eigenvalue weighted by Gasteiger charge is 2.20. The van der Waals surface area contributed by atoms with Crippen molar-refractivity contribution < 1.29 is 0 Å². The largest absolute Gasteiger partial charge is 0.329 e. The Morgan fingerprint density at radius 2 is 1.75 bits per heavy atom. The van der Waals surface area contributed by atoms with Gasteiger partial charge >= 0.3 is 5.69 Å². The summed E-state index contributed by atoms with van der Waals surface area (Å²) in [7, 11) is 0. The van der Waals surface area contributed by atoms with E-state index in [4.69, 9.17) is 0 Å². The Hall–Kier alpha value is -3.74. The second-order valence-electron chi connectivity index (χ2n) is 8.80. The number of hydrogen-bond acceptors (Lipinski definition) is 4. The maximum absolute atomic E-state index is 13.1. The number of H-pyrrole nitrogens is 1. The first-order chi connectivity index (χ1) is 15.4. The van der Waals surface area contributed by atoms with Gasteiger partial charge in [0.2, 0.25) is 0 Å². The smallest absolute Gasteiger partial charge is 0.294 e. The van der Waals surface area contributed by atoms with Gasteiger partial charge in [0.15, 0.2) is 5.82 Å². The molecule has 0 aliphatic carbocycles. The molecule has 7 nitrogen and oxygen atoms in total. The molecule has 0 spiro atoms. The number of benzene rings is 2. The van der Waals surface area contributed by atoms with E-state index in [9.17, 15) is 4.79 Å². The molecule has 0 aliphatic heterocycles. The van der Waals surface area contributed by atoms with E-state index >= 15 is 0 Å². The van der Waals surface area contributed by atoms with Crippen molar-refractivity contribution in [1.29, 1.82) is 0 Å². The summed E-state index contributed by atoms with van der Waals surface area (Å²) >= 11 is 0. The van der Waals surface area contributed by atoms with Crippen LogP contribution in [0.3, 0.4) is 0 Å². The molecule has 2 aromatic carbocycles. The summed E-state index contributed by atoms with van der Waals surface area (Å²) in [5.41, 5.74) is 4.88. The number of nitrogens with one attached hydrogen (secondary N) is 1. The quantitative estimate of drug-likeness (QED) is 0.461. The fraction of sp³-hybridized carbons (Fsp3) is 0.280. The van der Waals surface area contributed by atoms with Gasteiger partial charge in [-0.1, -0.05) is 60.7 Å². The van der Waals surface area contributed by atoms with Gasteiger partial charge in [0.25, 0.3) is 0 Å². The van der Waals surface area contributed by atoms with Gasteiger partial charge in [-0.3, -0.25) is 9.13 Å². The SMILES string of the molecule is C/C=C/Cc1cn(C(C)(C)C)c(=O)n1Cc1ccc(-c2ccccc2-c2nnn[nH]2)cc1. The molecule has 7 heteroatoms.